The van der Waals surface area contributed by atoms with Gasteiger partial charge >= 0.3 is 14.1 Å². The Hall–Kier alpha value is -2.51. The molecule has 0 aliphatic rings. The molecule has 0 amide bonds. The molecule has 0 bridgehead atoms. The lowest BCUT2D eigenvalue weighted by molar-refractivity contribution is 0.450. The van der Waals surface area contributed by atoms with Crippen LogP contribution in [0.4, 0.5) is 43.9 Å². The molecule has 0 radical (unpaired) electrons. The van der Waals surface area contributed by atoms with Gasteiger partial charge in [-0.1, -0.05) is 10.5 Å². The second-order valence-corrected chi connectivity index (χ2v) is 9.79. The Bertz CT molecular complexity index is 1140. The van der Waals surface area contributed by atoms with E-state index in [4.69, 9.17) is 0 Å². The first kappa shape index (κ1) is 24.1. The Balaban J connectivity index is 2.58. The average Bonchev–Trinajstić information content (AvgIpc) is 2.75. The third-order valence-corrected chi connectivity index (χ3v) is 8.43. The van der Waals surface area contributed by atoms with Gasteiger partial charge in [-0.2, -0.15) is 0 Å². The van der Waals surface area contributed by atoms with Crippen LogP contribution in [0.3, 0.4) is 0 Å². The first-order chi connectivity index (χ1) is 14.8. The molecule has 32 heavy (non-hydrogen) atoms. The van der Waals surface area contributed by atoms with Crippen LogP contribution in [-0.4, -0.2) is 14.1 Å². The molecule has 0 aliphatic heterocycles. The van der Waals surface area contributed by atoms with Crippen molar-refractivity contribution in [2.75, 3.05) is 0 Å². The zero-order valence-electron chi connectivity index (χ0n) is 16.5. The smallest absolute Gasteiger partial charge is 0.208 e. The van der Waals surface area contributed by atoms with E-state index in [1.807, 2.05) is 0 Å². The van der Waals surface area contributed by atoms with Crippen LogP contribution in [0.5, 0.6) is 0 Å². The summed E-state index contributed by atoms with van der Waals surface area (Å²) in [7, 11) is 0. The summed E-state index contributed by atoms with van der Waals surface area (Å²) in [5.74, 6) is -18.9. The summed E-state index contributed by atoms with van der Waals surface area (Å²) in [4.78, 5) is 0. The largest absolute Gasteiger partial charge is 0.407 e. The molecule has 11 heteroatoms. The topological polar surface area (TPSA) is 0 Å². The third kappa shape index (κ3) is 3.57. The molecule has 0 aromatic heterocycles. The summed E-state index contributed by atoms with van der Waals surface area (Å²) < 4.78 is 140. The maximum atomic E-state index is 14.8. The van der Waals surface area contributed by atoms with E-state index < -0.39 is 96.7 Å². The highest BCUT2D eigenvalue weighted by Gasteiger charge is 2.43. The lowest BCUT2D eigenvalue weighted by atomic mass is 10.2. The Morgan fingerprint density at radius 1 is 0.469 bits per heavy atom. The fourth-order valence-corrected chi connectivity index (χ4v) is 6.59. The molecule has 3 aromatic carbocycles. The van der Waals surface area contributed by atoms with Crippen LogP contribution in [0.25, 0.3) is 0 Å². The molecule has 3 aromatic rings. The molecule has 168 valence electrons. The van der Waals surface area contributed by atoms with E-state index in [9.17, 15) is 43.9 Å². The fourth-order valence-electron chi connectivity index (χ4n) is 3.38. The predicted octanol–water partition coefficient (Wildman–Crippen LogP) is 4.52. The molecular weight excluding hydrogens is 469 g/mol. The van der Waals surface area contributed by atoms with Crippen LogP contribution in [0, 0.1) is 78.9 Å². The molecule has 0 nitrogen and oxygen atoms in total. The maximum Gasteiger partial charge on any atom is 0.407 e. The van der Waals surface area contributed by atoms with E-state index in [1.54, 1.807) is 0 Å². The molecule has 0 heterocycles. The predicted molar refractivity (Wildman–Crippen MR) is 97.8 cm³/mol. The molecule has 0 saturated carbocycles. The van der Waals surface area contributed by atoms with Crippen molar-refractivity contribution in [1.29, 1.82) is 0 Å². The van der Waals surface area contributed by atoms with Gasteiger partial charge in [-0.05, 0) is 35.2 Å². The van der Waals surface area contributed by atoms with Crippen LogP contribution < -0.4 is 13.3 Å². The van der Waals surface area contributed by atoms with Gasteiger partial charge in [0, 0.05) is 17.2 Å². The van der Waals surface area contributed by atoms with E-state index in [1.165, 1.54) is 0 Å². The molecule has 0 fully saturated rings. The average molecular weight is 480 g/mol. The van der Waals surface area contributed by atoms with E-state index in [0.29, 0.717) is 19.9 Å². The van der Waals surface area contributed by atoms with Crippen molar-refractivity contribution in [3.63, 3.8) is 0 Å². The lowest BCUT2D eigenvalue weighted by Crippen LogP contribution is -2.59. The van der Waals surface area contributed by atoms with Crippen molar-refractivity contribution in [2.45, 2.75) is 20.8 Å². The van der Waals surface area contributed by atoms with Crippen molar-refractivity contribution in [3.05, 3.63) is 87.0 Å². The minimum Gasteiger partial charge on any atom is -0.208 e. The maximum absolute atomic E-state index is 14.8. The molecule has 0 N–H and O–H groups in total. The first-order valence-corrected chi connectivity index (χ1v) is 10.6. The molecular formula is C21H11AlF10. The van der Waals surface area contributed by atoms with Crippen LogP contribution >= 0.6 is 0 Å². The van der Waals surface area contributed by atoms with Gasteiger partial charge < -0.3 is 0 Å². The molecule has 0 spiro atoms. The molecule has 0 aliphatic carbocycles. The summed E-state index contributed by atoms with van der Waals surface area (Å²) in [6.45, 7) is 2.41. The Morgan fingerprint density at radius 3 is 1.16 bits per heavy atom. The first-order valence-electron chi connectivity index (χ1n) is 8.91. The highest BCUT2D eigenvalue weighted by molar-refractivity contribution is 6.95. The van der Waals surface area contributed by atoms with Crippen molar-refractivity contribution in [3.8, 4) is 0 Å². The van der Waals surface area contributed by atoms with Gasteiger partial charge in [0.15, 0.2) is 23.3 Å². The van der Waals surface area contributed by atoms with Crippen molar-refractivity contribution in [1.82, 2.24) is 0 Å². The standard InChI is InChI=1S/2C7H3F4.C7H5F2.Al/c2*1-3-6(10)4(8)2-5(9)7(3)11;1-5-2-3-6(8)4-7(5)9;/h2*1H3;2,4H,1H3;. The second kappa shape index (κ2) is 8.45. The Morgan fingerprint density at radius 2 is 0.812 bits per heavy atom. The van der Waals surface area contributed by atoms with Gasteiger partial charge in [-0.25, -0.2) is 43.9 Å². The Labute approximate surface area is 179 Å². The van der Waals surface area contributed by atoms with Gasteiger partial charge in [0.1, 0.15) is 34.9 Å². The number of aryl methyl sites for hydroxylation is 1. The monoisotopic (exact) mass is 480 g/mol. The summed E-state index contributed by atoms with van der Waals surface area (Å²) in [5, 5.41) is 0. The summed E-state index contributed by atoms with van der Waals surface area (Å²) >= 11 is -4.71. The minimum atomic E-state index is -4.71. The normalized spacial score (nSPS) is 11.3. The molecule has 0 atom stereocenters. The lowest BCUT2D eigenvalue weighted by Gasteiger charge is -2.20. The number of hydrogen-bond acceptors (Lipinski definition) is 0. The SMILES string of the molecule is Cc1c[c]([Al]([c]2c(F)c(F)c(C)c(F)c2F)[c]2c(F)c(F)c(C)c(F)c2F)c(F)cc1F. The van der Waals surface area contributed by atoms with Crippen LogP contribution in [0.15, 0.2) is 12.1 Å². The third-order valence-electron chi connectivity index (χ3n) is 5.20. The van der Waals surface area contributed by atoms with Gasteiger partial charge in [-0.3, -0.25) is 0 Å². The minimum absolute atomic E-state index is 0.220. The van der Waals surface area contributed by atoms with Crippen molar-refractivity contribution in [2.24, 2.45) is 0 Å². The zero-order chi connectivity index (χ0) is 24.2. The van der Waals surface area contributed by atoms with Gasteiger partial charge in [-0.15, -0.1) is 0 Å². The van der Waals surface area contributed by atoms with E-state index >= 15 is 0 Å². The number of halogens is 10. The number of benzene rings is 3. The fraction of sp³-hybridized carbons (Fsp3) is 0.143. The van der Waals surface area contributed by atoms with Crippen molar-refractivity contribution < 1.29 is 43.9 Å². The van der Waals surface area contributed by atoms with Gasteiger partial charge in [0.05, 0.1) is 0 Å². The van der Waals surface area contributed by atoms with E-state index in [-0.39, 0.29) is 11.6 Å². The second-order valence-electron chi connectivity index (χ2n) is 7.15. The van der Waals surface area contributed by atoms with Gasteiger partial charge in [0.2, 0.25) is 0 Å². The molecule has 0 saturated heterocycles. The van der Waals surface area contributed by atoms with E-state index in [0.717, 1.165) is 6.92 Å². The summed E-state index contributed by atoms with van der Waals surface area (Å²) in [6, 6.07) is 0.836. The van der Waals surface area contributed by atoms with Crippen molar-refractivity contribution >= 4 is 27.4 Å². The van der Waals surface area contributed by atoms with Crippen LogP contribution in [0.2, 0.25) is 0 Å². The zero-order valence-corrected chi connectivity index (χ0v) is 17.7. The quantitative estimate of drug-likeness (QED) is 0.294. The van der Waals surface area contributed by atoms with Gasteiger partial charge in [0.25, 0.3) is 0 Å². The number of rotatable bonds is 3. The highest BCUT2D eigenvalue weighted by atomic mass is 27.2. The van der Waals surface area contributed by atoms with Crippen LogP contribution in [0.1, 0.15) is 16.7 Å². The molecule has 3 rings (SSSR count). The molecule has 0 unspecified atom stereocenters. The van der Waals surface area contributed by atoms with Crippen LogP contribution in [-0.2, 0) is 0 Å². The number of hydrogen-bond donors (Lipinski definition) is 0. The Kier molecular flexibility index (Phi) is 6.37. The highest BCUT2D eigenvalue weighted by Crippen LogP contribution is 2.22. The van der Waals surface area contributed by atoms with E-state index in [2.05, 4.69) is 0 Å². The summed E-state index contributed by atoms with van der Waals surface area (Å²) in [5.41, 5.74) is -2.59. The summed E-state index contributed by atoms with van der Waals surface area (Å²) in [6.07, 6.45) is 0.